The SMILES string of the molecule is O=C(Cn1ccc(-c2ccco2)n1)NCc1ccc(F)cc1. The highest BCUT2D eigenvalue weighted by atomic mass is 19.1. The first-order valence-electron chi connectivity index (χ1n) is 6.79. The Labute approximate surface area is 126 Å². The molecular formula is C16H14FN3O2. The molecule has 3 rings (SSSR count). The number of carbonyl (C=O) groups excluding carboxylic acids is 1. The number of halogens is 1. The molecule has 0 fully saturated rings. The van der Waals surface area contributed by atoms with Crippen LogP contribution in [0.25, 0.3) is 11.5 Å². The van der Waals surface area contributed by atoms with Crippen molar-refractivity contribution in [1.82, 2.24) is 15.1 Å². The van der Waals surface area contributed by atoms with Gasteiger partial charge in [0.15, 0.2) is 5.76 Å². The monoisotopic (exact) mass is 299 g/mol. The zero-order chi connectivity index (χ0) is 15.4. The molecule has 0 unspecified atom stereocenters. The van der Waals surface area contributed by atoms with E-state index in [-0.39, 0.29) is 18.3 Å². The van der Waals surface area contributed by atoms with Crippen LogP contribution in [0.5, 0.6) is 0 Å². The summed E-state index contributed by atoms with van der Waals surface area (Å²) >= 11 is 0. The second-order valence-corrected chi connectivity index (χ2v) is 4.78. The molecule has 1 amide bonds. The van der Waals surface area contributed by atoms with E-state index >= 15 is 0 Å². The van der Waals surface area contributed by atoms with Crippen LogP contribution < -0.4 is 5.32 Å². The molecule has 0 saturated carbocycles. The molecule has 0 atom stereocenters. The smallest absolute Gasteiger partial charge is 0.241 e. The van der Waals surface area contributed by atoms with E-state index < -0.39 is 0 Å². The van der Waals surface area contributed by atoms with E-state index in [1.54, 1.807) is 42.8 Å². The van der Waals surface area contributed by atoms with Gasteiger partial charge in [0, 0.05) is 12.7 Å². The average molecular weight is 299 g/mol. The van der Waals surface area contributed by atoms with Crippen molar-refractivity contribution in [3.05, 3.63) is 66.3 Å². The van der Waals surface area contributed by atoms with Gasteiger partial charge in [0.1, 0.15) is 18.1 Å². The van der Waals surface area contributed by atoms with Gasteiger partial charge in [0.25, 0.3) is 0 Å². The Hall–Kier alpha value is -2.89. The Bertz CT molecular complexity index is 748. The summed E-state index contributed by atoms with van der Waals surface area (Å²) in [5.41, 5.74) is 1.52. The fourth-order valence-corrected chi connectivity index (χ4v) is 2.01. The zero-order valence-corrected chi connectivity index (χ0v) is 11.7. The lowest BCUT2D eigenvalue weighted by atomic mass is 10.2. The first-order chi connectivity index (χ1) is 10.7. The Morgan fingerprint density at radius 2 is 2.05 bits per heavy atom. The van der Waals surface area contributed by atoms with Gasteiger partial charge >= 0.3 is 0 Å². The van der Waals surface area contributed by atoms with Crippen molar-refractivity contribution in [3.8, 4) is 11.5 Å². The molecular weight excluding hydrogens is 285 g/mol. The lowest BCUT2D eigenvalue weighted by molar-refractivity contribution is -0.122. The van der Waals surface area contributed by atoms with Crippen molar-refractivity contribution < 1.29 is 13.6 Å². The molecule has 1 aromatic carbocycles. The van der Waals surface area contributed by atoms with Crippen LogP contribution in [-0.4, -0.2) is 15.7 Å². The highest BCUT2D eigenvalue weighted by Crippen LogP contribution is 2.16. The number of nitrogens with zero attached hydrogens (tertiary/aromatic N) is 2. The predicted octanol–water partition coefficient (Wildman–Crippen LogP) is 2.60. The van der Waals surface area contributed by atoms with Crippen molar-refractivity contribution >= 4 is 5.91 Å². The molecule has 0 radical (unpaired) electrons. The summed E-state index contributed by atoms with van der Waals surface area (Å²) in [4.78, 5) is 11.9. The van der Waals surface area contributed by atoms with E-state index in [1.807, 2.05) is 0 Å². The summed E-state index contributed by atoms with van der Waals surface area (Å²) in [6.07, 6.45) is 3.29. The van der Waals surface area contributed by atoms with Crippen molar-refractivity contribution in [2.45, 2.75) is 13.1 Å². The van der Waals surface area contributed by atoms with Gasteiger partial charge in [-0.15, -0.1) is 0 Å². The van der Waals surface area contributed by atoms with Gasteiger partial charge in [0.2, 0.25) is 5.91 Å². The molecule has 0 bridgehead atoms. The van der Waals surface area contributed by atoms with Gasteiger partial charge in [-0.05, 0) is 35.9 Å². The maximum atomic E-state index is 12.8. The predicted molar refractivity (Wildman–Crippen MR) is 78.2 cm³/mol. The molecule has 3 aromatic rings. The quantitative estimate of drug-likeness (QED) is 0.787. The van der Waals surface area contributed by atoms with Gasteiger partial charge in [-0.3, -0.25) is 9.48 Å². The summed E-state index contributed by atoms with van der Waals surface area (Å²) in [6.45, 7) is 0.466. The lowest BCUT2D eigenvalue weighted by Gasteiger charge is -2.05. The Morgan fingerprint density at radius 1 is 1.23 bits per heavy atom. The Kier molecular flexibility index (Phi) is 4.00. The average Bonchev–Trinajstić information content (AvgIpc) is 3.17. The molecule has 112 valence electrons. The number of rotatable bonds is 5. The fraction of sp³-hybridized carbons (Fsp3) is 0.125. The van der Waals surface area contributed by atoms with Crippen LogP contribution in [-0.2, 0) is 17.9 Å². The molecule has 0 aliphatic heterocycles. The number of carbonyl (C=O) groups is 1. The van der Waals surface area contributed by atoms with Gasteiger partial charge in [-0.2, -0.15) is 5.10 Å². The van der Waals surface area contributed by atoms with Crippen LogP contribution in [0.1, 0.15) is 5.56 Å². The van der Waals surface area contributed by atoms with Crippen molar-refractivity contribution in [3.63, 3.8) is 0 Å². The number of hydrogen-bond acceptors (Lipinski definition) is 3. The molecule has 5 nitrogen and oxygen atoms in total. The molecule has 2 aromatic heterocycles. The van der Waals surface area contributed by atoms with E-state index in [0.717, 1.165) is 5.56 Å². The molecule has 2 heterocycles. The summed E-state index contributed by atoms with van der Waals surface area (Å²) in [6, 6.07) is 11.4. The second kappa shape index (κ2) is 6.26. The number of benzene rings is 1. The van der Waals surface area contributed by atoms with E-state index in [9.17, 15) is 9.18 Å². The third-order valence-corrected chi connectivity index (χ3v) is 3.12. The van der Waals surface area contributed by atoms with E-state index in [0.29, 0.717) is 18.0 Å². The van der Waals surface area contributed by atoms with Crippen LogP contribution in [0.4, 0.5) is 4.39 Å². The minimum atomic E-state index is -0.294. The van der Waals surface area contributed by atoms with Gasteiger partial charge < -0.3 is 9.73 Å². The highest BCUT2D eigenvalue weighted by molar-refractivity contribution is 5.75. The number of furan rings is 1. The minimum Gasteiger partial charge on any atom is -0.463 e. The molecule has 0 saturated heterocycles. The number of hydrogen-bond donors (Lipinski definition) is 1. The third kappa shape index (κ3) is 3.41. The van der Waals surface area contributed by atoms with E-state index in [4.69, 9.17) is 4.42 Å². The van der Waals surface area contributed by atoms with Crippen LogP contribution >= 0.6 is 0 Å². The molecule has 0 spiro atoms. The zero-order valence-electron chi connectivity index (χ0n) is 11.7. The Morgan fingerprint density at radius 3 is 2.77 bits per heavy atom. The van der Waals surface area contributed by atoms with Gasteiger partial charge in [-0.1, -0.05) is 12.1 Å². The normalized spacial score (nSPS) is 10.6. The van der Waals surface area contributed by atoms with Gasteiger partial charge in [0.05, 0.1) is 6.26 Å². The van der Waals surface area contributed by atoms with E-state index in [2.05, 4.69) is 10.4 Å². The number of aromatic nitrogens is 2. The number of amides is 1. The van der Waals surface area contributed by atoms with Crippen molar-refractivity contribution in [1.29, 1.82) is 0 Å². The Balaban J connectivity index is 1.54. The topological polar surface area (TPSA) is 60.1 Å². The number of nitrogens with one attached hydrogen (secondary N) is 1. The van der Waals surface area contributed by atoms with Crippen LogP contribution in [0, 0.1) is 5.82 Å². The summed E-state index contributed by atoms with van der Waals surface area (Å²) in [5, 5.41) is 7.04. The van der Waals surface area contributed by atoms with Crippen LogP contribution in [0.3, 0.4) is 0 Å². The first kappa shape index (κ1) is 14.1. The molecule has 0 aliphatic carbocycles. The lowest BCUT2D eigenvalue weighted by Crippen LogP contribution is -2.27. The molecule has 6 heteroatoms. The highest BCUT2D eigenvalue weighted by Gasteiger charge is 2.07. The van der Waals surface area contributed by atoms with Crippen LogP contribution in [0.15, 0.2) is 59.3 Å². The van der Waals surface area contributed by atoms with Crippen molar-refractivity contribution in [2.24, 2.45) is 0 Å². The van der Waals surface area contributed by atoms with E-state index in [1.165, 1.54) is 16.8 Å². The first-order valence-corrected chi connectivity index (χ1v) is 6.79. The summed E-state index contributed by atoms with van der Waals surface area (Å²) < 4.78 is 19.6. The maximum Gasteiger partial charge on any atom is 0.241 e. The molecule has 1 N–H and O–H groups in total. The molecule has 0 aliphatic rings. The third-order valence-electron chi connectivity index (χ3n) is 3.12. The van der Waals surface area contributed by atoms with Gasteiger partial charge in [-0.25, -0.2) is 4.39 Å². The standard InChI is InChI=1S/C16H14FN3O2/c17-13-5-3-12(4-6-13)10-18-16(21)11-20-8-7-14(19-20)15-2-1-9-22-15/h1-9H,10-11H2,(H,18,21). The summed E-state index contributed by atoms with van der Waals surface area (Å²) in [7, 11) is 0. The summed E-state index contributed by atoms with van der Waals surface area (Å²) in [5.74, 6) is 0.195. The fourth-order valence-electron chi connectivity index (χ4n) is 2.01. The largest absolute Gasteiger partial charge is 0.463 e. The minimum absolute atomic E-state index is 0.113. The maximum absolute atomic E-state index is 12.8. The second-order valence-electron chi connectivity index (χ2n) is 4.78. The van der Waals surface area contributed by atoms with Crippen LogP contribution in [0.2, 0.25) is 0 Å². The van der Waals surface area contributed by atoms with Crippen molar-refractivity contribution in [2.75, 3.05) is 0 Å². The molecule has 22 heavy (non-hydrogen) atoms.